The van der Waals surface area contributed by atoms with E-state index in [1.54, 1.807) is 11.3 Å². The van der Waals surface area contributed by atoms with Crippen molar-refractivity contribution in [1.29, 1.82) is 0 Å². The molecule has 1 saturated carbocycles. The van der Waals surface area contributed by atoms with Gasteiger partial charge in [0.1, 0.15) is 5.75 Å². The van der Waals surface area contributed by atoms with Crippen LogP contribution in [-0.2, 0) is 0 Å². The van der Waals surface area contributed by atoms with Gasteiger partial charge in [-0.05, 0) is 55.7 Å². The van der Waals surface area contributed by atoms with Crippen LogP contribution in [0.4, 0.5) is 0 Å². The fraction of sp³-hybridized carbons (Fsp3) is 0.444. The fourth-order valence-corrected chi connectivity index (χ4v) is 3.92. The first-order valence-corrected chi connectivity index (χ1v) is 8.72. The monoisotopic (exact) mass is 315 g/mol. The number of carbonyl (C=O) groups excluding carboxylic acids is 1. The molecule has 22 heavy (non-hydrogen) atoms. The Kier molecular flexibility index (Phi) is 4.57. The summed E-state index contributed by atoms with van der Waals surface area (Å²) in [5, 5.41) is 1.92. The molecule has 2 aromatic heterocycles. The summed E-state index contributed by atoms with van der Waals surface area (Å²) in [6.45, 7) is 4.26. The summed E-state index contributed by atoms with van der Waals surface area (Å²) in [4.78, 5) is 16.6. The van der Waals surface area contributed by atoms with Crippen LogP contribution < -0.4 is 4.74 Å². The van der Waals surface area contributed by atoms with Gasteiger partial charge in [-0.2, -0.15) is 0 Å². The quantitative estimate of drug-likeness (QED) is 0.754. The molecule has 116 valence electrons. The second kappa shape index (κ2) is 6.61. The Morgan fingerprint density at radius 1 is 1.32 bits per heavy atom. The summed E-state index contributed by atoms with van der Waals surface area (Å²) in [7, 11) is 0. The number of nitrogens with zero attached hydrogens (tertiary/aromatic N) is 1. The Balaban J connectivity index is 1.79. The van der Waals surface area contributed by atoms with Gasteiger partial charge in [-0.1, -0.05) is 13.3 Å². The zero-order valence-corrected chi connectivity index (χ0v) is 13.9. The molecule has 2 atom stereocenters. The van der Waals surface area contributed by atoms with E-state index in [4.69, 9.17) is 4.74 Å². The third-order valence-electron chi connectivity index (χ3n) is 4.27. The average Bonchev–Trinajstić information content (AvgIpc) is 2.98. The van der Waals surface area contributed by atoms with Gasteiger partial charge in [0.05, 0.1) is 22.4 Å². The largest absolute Gasteiger partial charge is 0.489 e. The zero-order chi connectivity index (χ0) is 15.5. The third kappa shape index (κ3) is 3.22. The summed E-state index contributed by atoms with van der Waals surface area (Å²) < 4.78 is 6.16. The van der Waals surface area contributed by atoms with Crippen LogP contribution in [0.5, 0.6) is 5.75 Å². The van der Waals surface area contributed by atoms with Crippen LogP contribution in [0.25, 0.3) is 10.6 Å². The number of aryl methyl sites for hydroxylation is 1. The van der Waals surface area contributed by atoms with E-state index in [2.05, 4.69) is 11.9 Å². The molecule has 0 bridgehead atoms. The predicted octanol–water partition coefficient (Wildman–Crippen LogP) is 4.89. The summed E-state index contributed by atoms with van der Waals surface area (Å²) >= 11 is 1.54. The van der Waals surface area contributed by atoms with E-state index in [-0.39, 0.29) is 0 Å². The van der Waals surface area contributed by atoms with Crippen molar-refractivity contribution in [2.24, 2.45) is 5.92 Å². The number of ether oxygens (including phenoxy) is 1. The highest BCUT2D eigenvalue weighted by molar-refractivity contribution is 7.13. The normalized spacial score (nSPS) is 21.5. The minimum atomic E-state index is 0.308. The smallest absolute Gasteiger partial charge is 0.151 e. The number of pyridine rings is 1. The Hall–Kier alpha value is -1.68. The highest BCUT2D eigenvalue weighted by Gasteiger charge is 2.21. The van der Waals surface area contributed by atoms with Gasteiger partial charge in [-0.15, -0.1) is 11.3 Å². The fourth-order valence-electron chi connectivity index (χ4n) is 3.08. The van der Waals surface area contributed by atoms with Gasteiger partial charge in [0.25, 0.3) is 0 Å². The van der Waals surface area contributed by atoms with Crippen molar-refractivity contribution >= 4 is 17.6 Å². The average molecular weight is 315 g/mol. The minimum Gasteiger partial charge on any atom is -0.489 e. The number of hydrogen-bond donors (Lipinski definition) is 0. The molecule has 1 aliphatic rings. The number of thiophene rings is 1. The third-order valence-corrected chi connectivity index (χ3v) is 5.23. The van der Waals surface area contributed by atoms with Gasteiger partial charge in [-0.25, -0.2) is 4.98 Å². The van der Waals surface area contributed by atoms with E-state index in [1.807, 2.05) is 30.5 Å². The van der Waals surface area contributed by atoms with Gasteiger partial charge >= 0.3 is 0 Å². The van der Waals surface area contributed by atoms with E-state index in [0.29, 0.717) is 11.7 Å². The Bertz CT molecular complexity index is 665. The first-order chi connectivity index (χ1) is 10.7. The number of aromatic nitrogens is 1. The molecule has 1 fully saturated rings. The maximum atomic E-state index is 11.1. The first-order valence-electron chi connectivity index (χ1n) is 7.84. The lowest BCUT2D eigenvalue weighted by molar-refractivity contribution is 0.112. The van der Waals surface area contributed by atoms with Crippen LogP contribution in [0.2, 0.25) is 0 Å². The second-order valence-corrected chi connectivity index (χ2v) is 7.03. The maximum absolute atomic E-state index is 11.1. The van der Waals surface area contributed by atoms with Crippen molar-refractivity contribution in [3.05, 3.63) is 34.8 Å². The number of aldehydes is 1. The van der Waals surface area contributed by atoms with E-state index in [0.717, 1.165) is 47.1 Å². The van der Waals surface area contributed by atoms with E-state index in [1.165, 1.54) is 12.8 Å². The van der Waals surface area contributed by atoms with Crippen molar-refractivity contribution in [2.45, 2.75) is 45.6 Å². The Morgan fingerprint density at radius 3 is 2.91 bits per heavy atom. The lowest BCUT2D eigenvalue weighted by Crippen LogP contribution is -2.24. The zero-order valence-electron chi connectivity index (χ0n) is 13.0. The molecule has 3 nitrogen and oxygen atoms in total. The SMILES string of the molecule is Cc1nc(-c2sccc2C=O)ccc1O[C@H]1CCC[C@H](C)C1. The van der Waals surface area contributed by atoms with Crippen LogP contribution in [-0.4, -0.2) is 17.4 Å². The molecular weight excluding hydrogens is 294 g/mol. The molecule has 2 heterocycles. The van der Waals surface area contributed by atoms with Crippen molar-refractivity contribution in [2.75, 3.05) is 0 Å². The lowest BCUT2D eigenvalue weighted by Gasteiger charge is -2.27. The topological polar surface area (TPSA) is 39.2 Å². The van der Waals surface area contributed by atoms with E-state index >= 15 is 0 Å². The van der Waals surface area contributed by atoms with Crippen molar-refractivity contribution in [1.82, 2.24) is 4.98 Å². The predicted molar refractivity (Wildman–Crippen MR) is 89.7 cm³/mol. The molecule has 0 unspecified atom stereocenters. The maximum Gasteiger partial charge on any atom is 0.151 e. The van der Waals surface area contributed by atoms with Crippen LogP contribution in [0.3, 0.4) is 0 Å². The van der Waals surface area contributed by atoms with Crippen LogP contribution in [0.15, 0.2) is 23.6 Å². The summed E-state index contributed by atoms with van der Waals surface area (Å²) in [6, 6.07) is 5.77. The molecule has 0 amide bonds. The van der Waals surface area contributed by atoms with E-state index in [9.17, 15) is 4.79 Å². The highest BCUT2D eigenvalue weighted by Crippen LogP contribution is 2.32. The summed E-state index contributed by atoms with van der Waals surface area (Å²) in [6.07, 6.45) is 6.00. The summed E-state index contributed by atoms with van der Waals surface area (Å²) in [5.41, 5.74) is 2.44. The Labute approximate surface area is 135 Å². The van der Waals surface area contributed by atoms with Gasteiger partial charge in [0.2, 0.25) is 0 Å². The van der Waals surface area contributed by atoms with Gasteiger partial charge in [0, 0.05) is 5.56 Å². The standard InChI is InChI=1S/C18H21NO2S/c1-12-4-3-5-15(10-12)21-17-7-6-16(19-13(17)2)18-14(11-20)8-9-22-18/h6-9,11-12,15H,3-5,10H2,1-2H3/t12-,15-/m0/s1. The van der Waals surface area contributed by atoms with Crippen molar-refractivity contribution in [3.63, 3.8) is 0 Å². The molecule has 0 N–H and O–H groups in total. The molecule has 3 rings (SSSR count). The summed E-state index contributed by atoms with van der Waals surface area (Å²) in [5.74, 6) is 1.61. The lowest BCUT2D eigenvalue weighted by atomic mass is 9.89. The molecule has 2 aromatic rings. The van der Waals surface area contributed by atoms with E-state index < -0.39 is 0 Å². The van der Waals surface area contributed by atoms with Crippen molar-refractivity contribution in [3.8, 4) is 16.3 Å². The first kappa shape index (κ1) is 15.2. The van der Waals surface area contributed by atoms with Crippen LogP contribution in [0, 0.1) is 12.8 Å². The number of rotatable bonds is 4. The molecular formula is C18H21NO2S. The van der Waals surface area contributed by atoms with Crippen molar-refractivity contribution < 1.29 is 9.53 Å². The molecule has 0 spiro atoms. The second-order valence-electron chi connectivity index (χ2n) is 6.11. The van der Waals surface area contributed by atoms with Gasteiger partial charge in [0.15, 0.2) is 6.29 Å². The molecule has 0 aliphatic heterocycles. The number of carbonyl (C=O) groups is 1. The number of hydrogen-bond acceptors (Lipinski definition) is 4. The van der Waals surface area contributed by atoms with Crippen LogP contribution >= 0.6 is 11.3 Å². The highest BCUT2D eigenvalue weighted by atomic mass is 32.1. The Morgan fingerprint density at radius 2 is 2.18 bits per heavy atom. The van der Waals surface area contributed by atoms with Gasteiger partial charge in [-0.3, -0.25) is 4.79 Å². The molecule has 1 aliphatic carbocycles. The van der Waals surface area contributed by atoms with Crippen LogP contribution in [0.1, 0.15) is 48.7 Å². The molecule has 0 aromatic carbocycles. The molecule has 4 heteroatoms. The molecule has 0 radical (unpaired) electrons. The van der Waals surface area contributed by atoms with Gasteiger partial charge < -0.3 is 4.74 Å². The molecule has 0 saturated heterocycles. The minimum absolute atomic E-state index is 0.308.